The van der Waals surface area contributed by atoms with E-state index < -0.39 is 23.9 Å². The van der Waals surface area contributed by atoms with Crippen molar-refractivity contribution in [3.63, 3.8) is 0 Å². The molecule has 2 N–H and O–H groups in total. The van der Waals surface area contributed by atoms with Crippen LogP contribution in [0, 0.1) is 0 Å². The molecule has 1 aromatic carbocycles. The van der Waals surface area contributed by atoms with Gasteiger partial charge in [-0.3, -0.25) is 9.48 Å². The zero-order valence-electron chi connectivity index (χ0n) is 16.8. The Kier molecular flexibility index (Phi) is 7.90. The molecule has 0 aliphatic rings. The van der Waals surface area contributed by atoms with E-state index in [9.17, 15) is 14.4 Å². The topological polar surface area (TPSA) is 114 Å². The van der Waals surface area contributed by atoms with Gasteiger partial charge in [-0.1, -0.05) is 13.8 Å². The Bertz CT molecular complexity index is 843. The Labute approximate surface area is 169 Å². The van der Waals surface area contributed by atoms with Crippen molar-refractivity contribution < 1.29 is 24.2 Å². The predicted molar refractivity (Wildman–Crippen MR) is 107 cm³/mol. The summed E-state index contributed by atoms with van der Waals surface area (Å²) in [4.78, 5) is 37.5. The molecule has 1 amide bonds. The van der Waals surface area contributed by atoms with Crippen LogP contribution in [0.3, 0.4) is 0 Å². The third-order valence-electron chi connectivity index (χ3n) is 4.53. The van der Waals surface area contributed by atoms with Crippen molar-refractivity contribution >= 4 is 23.5 Å². The molecule has 9 nitrogen and oxygen atoms in total. The molecule has 1 unspecified atom stereocenters. The first-order chi connectivity index (χ1) is 13.8. The quantitative estimate of drug-likeness (QED) is 0.586. The number of aromatic nitrogens is 2. The molecule has 2 aromatic rings. The number of hydrogen-bond acceptors (Lipinski definition) is 6. The van der Waals surface area contributed by atoms with Crippen molar-refractivity contribution in [2.45, 2.75) is 26.8 Å². The van der Waals surface area contributed by atoms with Crippen LogP contribution in [0.1, 0.15) is 47.5 Å². The van der Waals surface area contributed by atoms with Crippen molar-refractivity contribution in [1.29, 1.82) is 0 Å². The van der Waals surface area contributed by atoms with Gasteiger partial charge in [0.2, 0.25) is 0 Å². The molecular weight excluding hydrogens is 376 g/mol. The van der Waals surface area contributed by atoms with E-state index in [2.05, 4.69) is 29.2 Å². The van der Waals surface area contributed by atoms with Gasteiger partial charge in [0.15, 0.2) is 0 Å². The molecule has 0 bridgehead atoms. The van der Waals surface area contributed by atoms with Gasteiger partial charge in [-0.05, 0) is 44.3 Å². The number of ether oxygens (including phenoxy) is 1. The van der Waals surface area contributed by atoms with E-state index in [0.29, 0.717) is 24.4 Å². The molecule has 9 heteroatoms. The second kappa shape index (κ2) is 10.4. The maximum atomic E-state index is 12.3. The fraction of sp³-hybridized carbons (Fsp3) is 0.400. The van der Waals surface area contributed by atoms with Gasteiger partial charge in [-0.2, -0.15) is 5.10 Å². The first-order valence-corrected chi connectivity index (χ1v) is 9.43. The fourth-order valence-corrected chi connectivity index (χ4v) is 2.56. The average Bonchev–Trinajstić information content (AvgIpc) is 3.21. The van der Waals surface area contributed by atoms with E-state index in [4.69, 9.17) is 9.84 Å². The van der Waals surface area contributed by atoms with E-state index in [1.165, 1.54) is 24.0 Å². The minimum atomic E-state index is -1.04. The van der Waals surface area contributed by atoms with Crippen molar-refractivity contribution in [3.8, 4) is 0 Å². The highest BCUT2D eigenvalue weighted by molar-refractivity contribution is 6.04. The van der Waals surface area contributed by atoms with Gasteiger partial charge < -0.3 is 20.1 Å². The molecule has 0 saturated carbocycles. The van der Waals surface area contributed by atoms with E-state index in [1.54, 1.807) is 24.3 Å². The standard InChI is InChI=1S/C20H26N4O5/c1-4-23(5-2)10-11-29-20(28)15-6-8-17(9-7-15)22-18(25)16-12-21-24(13-16)14(3)19(26)27/h6-9,12-14H,4-5,10-11H2,1-3H3,(H,22,25)(H,26,27). The van der Waals surface area contributed by atoms with Crippen molar-refractivity contribution in [2.24, 2.45) is 0 Å². The molecule has 2 rings (SSSR count). The third-order valence-corrected chi connectivity index (χ3v) is 4.53. The number of amides is 1. The van der Waals surface area contributed by atoms with Gasteiger partial charge in [0, 0.05) is 18.4 Å². The molecule has 0 fully saturated rings. The molecule has 1 aromatic heterocycles. The lowest BCUT2D eigenvalue weighted by atomic mass is 10.2. The molecule has 156 valence electrons. The number of rotatable bonds is 10. The maximum absolute atomic E-state index is 12.3. The van der Waals surface area contributed by atoms with Crippen LogP contribution < -0.4 is 5.32 Å². The van der Waals surface area contributed by atoms with Crippen LogP contribution >= 0.6 is 0 Å². The van der Waals surface area contributed by atoms with Gasteiger partial charge >= 0.3 is 11.9 Å². The summed E-state index contributed by atoms with van der Waals surface area (Å²) in [6.07, 6.45) is 2.67. The highest BCUT2D eigenvalue weighted by Gasteiger charge is 2.17. The first-order valence-electron chi connectivity index (χ1n) is 9.43. The summed E-state index contributed by atoms with van der Waals surface area (Å²) < 4.78 is 6.47. The number of anilines is 1. The molecule has 29 heavy (non-hydrogen) atoms. The Balaban J connectivity index is 1.90. The molecular formula is C20H26N4O5. The lowest BCUT2D eigenvalue weighted by Gasteiger charge is -2.17. The molecule has 0 spiro atoms. The summed E-state index contributed by atoms with van der Waals surface area (Å²) in [5.41, 5.74) is 1.12. The normalized spacial score (nSPS) is 11.9. The number of carbonyl (C=O) groups excluding carboxylic acids is 2. The zero-order chi connectivity index (χ0) is 21.4. The number of esters is 1. The van der Waals surface area contributed by atoms with E-state index in [0.717, 1.165) is 13.1 Å². The lowest BCUT2D eigenvalue weighted by Crippen LogP contribution is -2.27. The number of benzene rings is 1. The van der Waals surface area contributed by atoms with Crippen LogP contribution in [-0.4, -0.2) is 63.9 Å². The number of carboxylic acid groups (broad SMARTS) is 1. The first kappa shape index (κ1) is 22.1. The minimum Gasteiger partial charge on any atom is -0.480 e. The van der Waals surface area contributed by atoms with Gasteiger partial charge in [-0.25, -0.2) is 9.59 Å². The Hall–Kier alpha value is -3.20. The van der Waals surface area contributed by atoms with E-state index >= 15 is 0 Å². The predicted octanol–water partition coefficient (Wildman–Crippen LogP) is 2.28. The van der Waals surface area contributed by atoms with Gasteiger partial charge in [-0.15, -0.1) is 0 Å². The molecule has 1 atom stereocenters. The summed E-state index contributed by atoms with van der Waals surface area (Å²) in [7, 11) is 0. The number of carbonyl (C=O) groups is 3. The summed E-state index contributed by atoms with van der Waals surface area (Å²) in [6.45, 7) is 8.37. The summed E-state index contributed by atoms with van der Waals surface area (Å²) in [6, 6.07) is 5.48. The van der Waals surface area contributed by atoms with Crippen LogP contribution in [0.15, 0.2) is 36.7 Å². The summed E-state index contributed by atoms with van der Waals surface area (Å²) in [5.74, 6) is -1.89. The monoisotopic (exact) mass is 402 g/mol. The Morgan fingerprint density at radius 1 is 1.17 bits per heavy atom. The third kappa shape index (κ3) is 6.15. The second-order valence-corrected chi connectivity index (χ2v) is 6.42. The van der Waals surface area contributed by atoms with Crippen LogP contribution in [0.5, 0.6) is 0 Å². The Morgan fingerprint density at radius 3 is 2.41 bits per heavy atom. The molecule has 0 aliphatic heterocycles. The van der Waals surface area contributed by atoms with Crippen LogP contribution in [0.25, 0.3) is 0 Å². The second-order valence-electron chi connectivity index (χ2n) is 6.42. The van der Waals surface area contributed by atoms with Crippen molar-refractivity contribution in [2.75, 3.05) is 31.6 Å². The van der Waals surface area contributed by atoms with Gasteiger partial charge in [0.1, 0.15) is 12.6 Å². The smallest absolute Gasteiger partial charge is 0.338 e. The average molecular weight is 402 g/mol. The Morgan fingerprint density at radius 2 is 1.83 bits per heavy atom. The van der Waals surface area contributed by atoms with Crippen LogP contribution in [-0.2, 0) is 9.53 Å². The highest BCUT2D eigenvalue weighted by Crippen LogP contribution is 2.13. The molecule has 1 heterocycles. The fourth-order valence-electron chi connectivity index (χ4n) is 2.56. The largest absolute Gasteiger partial charge is 0.480 e. The minimum absolute atomic E-state index is 0.234. The van der Waals surface area contributed by atoms with E-state index in [-0.39, 0.29) is 5.56 Å². The summed E-state index contributed by atoms with van der Waals surface area (Å²) >= 11 is 0. The van der Waals surface area contributed by atoms with Gasteiger partial charge in [0.05, 0.1) is 17.3 Å². The van der Waals surface area contributed by atoms with E-state index in [1.807, 2.05) is 0 Å². The number of nitrogens with one attached hydrogen (secondary N) is 1. The number of nitrogens with zero attached hydrogens (tertiary/aromatic N) is 3. The number of carboxylic acids is 1. The number of hydrogen-bond donors (Lipinski definition) is 2. The lowest BCUT2D eigenvalue weighted by molar-refractivity contribution is -0.140. The van der Waals surface area contributed by atoms with Crippen LogP contribution in [0.4, 0.5) is 5.69 Å². The maximum Gasteiger partial charge on any atom is 0.338 e. The summed E-state index contributed by atoms with van der Waals surface area (Å²) in [5, 5.41) is 15.6. The number of aliphatic carboxylic acids is 1. The van der Waals surface area contributed by atoms with Crippen molar-refractivity contribution in [3.05, 3.63) is 47.8 Å². The number of likely N-dealkylation sites (N-methyl/N-ethyl adjacent to an activating group) is 1. The van der Waals surface area contributed by atoms with Crippen LogP contribution in [0.2, 0.25) is 0 Å². The highest BCUT2D eigenvalue weighted by atomic mass is 16.5. The SMILES string of the molecule is CCN(CC)CCOC(=O)c1ccc(NC(=O)c2cnn(C(C)C(=O)O)c2)cc1. The molecule has 0 saturated heterocycles. The van der Waals surface area contributed by atoms with Crippen molar-refractivity contribution in [1.82, 2.24) is 14.7 Å². The zero-order valence-corrected chi connectivity index (χ0v) is 16.8. The molecule has 0 aliphatic carbocycles. The molecule has 0 radical (unpaired) electrons. The van der Waals surface area contributed by atoms with Gasteiger partial charge in [0.25, 0.3) is 5.91 Å².